The third kappa shape index (κ3) is 2.12. The minimum atomic E-state index is 0.368. The van der Waals surface area contributed by atoms with Gasteiger partial charge in [-0.3, -0.25) is 0 Å². The minimum Gasteiger partial charge on any atom is -0.454 e. The minimum absolute atomic E-state index is 0.368. The summed E-state index contributed by atoms with van der Waals surface area (Å²) in [5.41, 5.74) is 2.68. The first kappa shape index (κ1) is 10.9. The van der Waals surface area contributed by atoms with Crippen molar-refractivity contribution in [2.45, 2.75) is 26.2 Å². The molecule has 0 spiro atoms. The summed E-state index contributed by atoms with van der Waals surface area (Å²) in [6.07, 6.45) is 3.74. The molecule has 0 radical (unpaired) electrons. The van der Waals surface area contributed by atoms with Gasteiger partial charge < -0.3 is 14.8 Å². The zero-order valence-electron chi connectivity index (χ0n) is 10.3. The maximum absolute atomic E-state index is 5.52. The molecule has 92 valence electrons. The highest BCUT2D eigenvalue weighted by Gasteiger charge is 2.20. The van der Waals surface area contributed by atoms with Crippen LogP contribution in [0.25, 0.3) is 0 Å². The fourth-order valence-corrected chi connectivity index (χ4v) is 2.77. The molecule has 0 amide bonds. The number of rotatable bonds is 2. The van der Waals surface area contributed by atoms with E-state index in [-0.39, 0.29) is 0 Å². The van der Waals surface area contributed by atoms with Gasteiger partial charge in [0.15, 0.2) is 11.5 Å². The first-order chi connectivity index (χ1) is 8.34. The molecule has 3 nitrogen and oxygen atoms in total. The van der Waals surface area contributed by atoms with Crippen molar-refractivity contribution < 1.29 is 9.47 Å². The number of benzene rings is 1. The number of ether oxygens (including phenoxy) is 2. The summed E-state index contributed by atoms with van der Waals surface area (Å²) in [7, 11) is 0. The summed E-state index contributed by atoms with van der Waals surface area (Å²) in [6, 6.07) is 4.25. The highest BCUT2D eigenvalue weighted by atomic mass is 16.7. The smallest absolute Gasteiger partial charge is 0.231 e. The van der Waals surface area contributed by atoms with Crippen molar-refractivity contribution in [1.82, 2.24) is 5.32 Å². The van der Waals surface area contributed by atoms with E-state index in [0.29, 0.717) is 6.79 Å². The molecule has 17 heavy (non-hydrogen) atoms. The Morgan fingerprint density at radius 1 is 1.24 bits per heavy atom. The van der Waals surface area contributed by atoms with Gasteiger partial charge in [-0.2, -0.15) is 0 Å². The summed E-state index contributed by atoms with van der Waals surface area (Å²) in [5.74, 6) is 2.67. The Hall–Kier alpha value is -1.22. The lowest BCUT2D eigenvalue weighted by Crippen LogP contribution is -2.28. The molecule has 2 aliphatic rings. The van der Waals surface area contributed by atoms with Gasteiger partial charge in [0, 0.05) is 0 Å². The van der Waals surface area contributed by atoms with E-state index in [1.165, 1.54) is 30.4 Å². The van der Waals surface area contributed by atoms with Crippen molar-refractivity contribution in [2.24, 2.45) is 5.92 Å². The number of hydrogen-bond acceptors (Lipinski definition) is 3. The van der Waals surface area contributed by atoms with Crippen molar-refractivity contribution in [3.05, 3.63) is 23.3 Å². The summed E-state index contributed by atoms with van der Waals surface area (Å²) in [5, 5.41) is 3.41. The van der Waals surface area contributed by atoms with Crippen molar-refractivity contribution in [2.75, 3.05) is 19.9 Å². The van der Waals surface area contributed by atoms with Gasteiger partial charge in [0.25, 0.3) is 0 Å². The Kier molecular flexibility index (Phi) is 2.93. The first-order valence-corrected chi connectivity index (χ1v) is 6.43. The molecule has 2 heterocycles. The summed E-state index contributed by atoms with van der Waals surface area (Å²) >= 11 is 0. The van der Waals surface area contributed by atoms with E-state index in [2.05, 4.69) is 18.3 Å². The van der Waals surface area contributed by atoms with Crippen LogP contribution in [0.2, 0.25) is 0 Å². The Bertz CT molecular complexity index is 411. The fourth-order valence-electron chi connectivity index (χ4n) is 2.77. The molecule has 1 N–H and O–H groups in total. The topological polar surface area (TPSA) is 30.5 Å². The maximum atomic E-state index is 5.52. The zero-order chi connectivity index (χ0) is 11.7. The molecule has 0 aliphatic carbocycles. The fraction of sp³-hybridized carbons (Fsp3) is 0.571. The molecule has 3 rings (SSSR count). The second-order valence-corrected chi connectivity index (χ2v) is 4.98. The van der Waals surface area contributed by atoms with Crippen LogP contribution in [0.5, 0.6) is 11.5 Å². The second kappa shape index (κ2) is 4.57. The van der Waals surface area contributed by atoms with E-state index in [9.17, 15) is 0 Å². The van der Waals surface area contributed by atoms with Gasteiger partial charge in [-0.25, -0.2) is 0 Å². The Labute approximate surface area is 102 Å². The van der Waals surface area contributed by atoms with Gasteiger partial charge in [0.05, 0.1) is 0 Å². The molecule has 0 aromatic heterocycles. The lowest BCUT2D eigenvalue weighted by Gasteiger charge is -2.23. The van der Waals surface area contributed by atoms with Crippen LogP contribution in [0.4, 0.5) is 0 Å². The highest BCUT2D eigenvalue weighted by molar-refractivity contribution is 5.51. The quantitative estimate of drug-likeness (QED) is 0.850. The van der Waals surface area contributed by atoms with Crippen molar-refractivity contribution in [1.29, 1.82) is 0 Å². The van der Waals surface area contributed by atoms with E-state index < -0.39 is 0 Å². The van der Waals surface area contributed by atoms with Gasteiger partial charge >= 0.3 is 0 Å². The lowest BCUT2D eigenvalue weighted by molar-refractivity contribution is 0.173. The van der Waals surface area contributed by atoms with Crippen molar-refractivity contribution >= 4 is 0 Å². The summed E-state index contributed by atoms with van der Waals surface area (Å²) in [4.78, 5) is 0. The molecule has 1 saturated heterocycles. The highest BCUT2D eigenvalue weighted by Crippen LogP contribution is 2.37. The average molecular weight is 233 g/mol. The van der Waals surface area contributed by atoms with E-state index in [4.69, 9.17) is 9.47 Å². The number of hydrogen-bond donors (Lipinski definition) is 1. The molecule has 3 heteroatoms. The average Bonchev–Trinajstić information content (AvgIpc) is 2.83. The zero-order valence-corrected chi connectivity index (χ0v) is 10.3. The SMILES string of the molecule is Cc1c(CC2CCNCC2)ccc2c1OCO2. The van der Waals surface area contributed by atoms with Gasteiger partial charge in [0.2, 0.25) is 6.79 Å². The molecular formula is C14H19NO2. The molecule has 1 fully saturated rings. The summed E-state index contributed by atoms with van der Waals surface area (Å²) in [6.45, 7) is 4.83. The predicted octanol–water partition coefficient (Wildman–Crippen LogP) is 2.27. The van der Waals surface area contributed by atoms with Gasteiger partial charge in [-0.15, -0.1) is 0 Å². The van der Waals surface area contributed by atoms with Crippen LogP contribution in [-0.4, -0.2) is 19.9 Å². The van der Waals surface area contributed by atoms with Crippen LogP contribution in [0.15, 0.2) is 12.1 Å². The number of fused-ring (bicyclic) bond motifs is 1. The third-order valence-corrected chi connectivity index (χ3v) is 3.87. The third-order valence-electron chi connectivity index (χ3n) is 3.87. The Balaban J connectivity index is 1.78. The molecule has 2 aliphatic heterocycles. The molecule has 0 unspecified atom stereocenters. The molecule has 1 aromatic carbocycles. The van der Waals surface area contributed by atoms with Crippen LogP contribution in [0, 0.1) is 12.8 Å². The molecule has 0 bridgehead atoms. The van der Waals surface area contributed by atoms with Crippen molar-refractivity contribution in [3.63, 3.8) is 0 Å². The predicted molar refractivity (Wildman–Crippen MR) is 66.6 cm³/mol. The largest absolute Gasteiger partial charge is 0.454 e. The van der Waals surface area contributed by atoms with Crippen molar-refractivity contribution in [3.8, 4) is 11.5 Å². The van der Waals surface area contributed by atoms with Gasteiger partial charge in [-0.1, -0.05) is 6.07 Å². The number of piperidine rings is 1. The Morgan fingerprint density at radius 2 is 2.06 bits per heavy atom. The molecular weight excluding hydrogens is 214 g/mol. The first-order valence-electron chi connectivity index (χ1n) is 6.43. The number of nitrogens with one attached hydrogen (secondary N) is 1. The van der Waals surface area contributed by atoms with Crippen LogP contribution < -0.4 is 14.8 Å². The van der Waals surface area contributed by atoms with E-state index in [1.807, 2.05) is 6.07 Å². The molecule has 0 atom stereocenters. The lowest BCUT2D eigenvalue weighted by atomic mass is 9.89. The molecule has 0 saturated carbocycles. The summed E-state index contributed by atoms with van der Waals surface area (Å²) < 4.78 is 10.9. The second-order valence-electron chi connectivity index (χ2n) is 4.98. The van der Waals surface area contributed by atoms with Crippen LogP contribution in [-0.2, 0) is 6.42 Å². The van der Waals surface area contributed by atoms with Crippen LogP contribution >= 0.6 is 0 Å². The van der Waals surface area contributed by atoms with Crippen LogP contribution in [0.1, 0.15) is 24.0 Å². The van der Waals surface area contributed by atoms with E-state index >= 15 is 0 Å². The normalized spacial score (nSPS) is 19.6. The van der Waals surface area contributed by atoms with E-state index in [1.54, 1.807) is 0 Å². The monoisotopic (exact) mass is 233 g/mol. The molecule has 1 aromatic rings. The Morgan fingerprint density at radius 3 is 2.88 bits per heavy atom. The van der Waals surface area contributed by atoms with Crippen LogP contribution in [0.3, 0.4) is 0 Å². The van der Waals surface area contributed by atoms with E-state index in [0.717, 1.165) is 30.5 Å². The van der Waals surface area contributed by atoms with Gasteiger partial charge in [0.1, 0.15) is 0 Å². The maximum Gasteiger partial charge on any atom is 0.231 e. The standard InChI is InChI=1S/C14H19NO2/c1-10-12(8-11-4-6-15-7-5-11)2-3-13-14(10)17-9-16-13/h2-3,11,15H,4-9H2,1H3. The van der Waals surface area contributed by atoms with Gasteiger partial charge in [-0.05, 0) is 62.4 Å².